The number of hydrogen-bond donors (Lipinski definition) is 0. The van der Waals surface area contributed by atoms with E-state index < -0.39 is 5.60 Å². The summed E-state index contributed by atoms with van der Waals surface area (Å²) in [6.07, 6.45) is 0.764. The SMILES string of the molecule is CC(C)(C)OC(=O)N1CC[C@H]2[C@@H](C1)c1cc(B3OC(C)(C)C(C)(C)O3)cc3c1N2CCSC3. The molecule has 4 aliphatic heterocycles. The number of carbonyl (C=O) groups excluding carboxylic acids is 1. The van der Waals surface area contributed by atoms with Gasteiger partial charge in [-0.1, -0.05) is 12.1 Å². The highest BCUT2D eigenvalue weighted by atomic mass is 32.2. The average Bonchev–Trinajstić information content (AvgIpc) is 3.01. The Kier molecular flexibility index (Phi) is 5.54. The van der Waals surface area contributed by atoms with Gasteiger partial charge in [0.25, 0.3) is 0 Å². The fraction of sp³-hybridized carbons (Fsp3) is 0.720. The smallest absolute Gasteiger partial charge is 0.444 e. The van der Waals surface area contributed by atoms with E-state index in [9.17, 15) is 4.79 Å². The molecule has 180 valence electrons. The van der Waals surface area contributed by atoms with Gasteiger partial charge < -0.3 is 23.8 Å². The molecule has 0 spiro atoms. The van der Waals surface area contributed by atoms with Gasteiger partial charge in [0, 0.05) is 48.8 Å². The van der Waals surface area contributed by atoms with Crippen molar-refractivity contribution in [2.24, 2.45) is 0 Å². The lowest BCUT2D eigenvalue weighted by atomic mass is 9.75. The summed E-state index contributed by atoms with van der Waals surface area (Å²) >= 11 is 2.00. The fourth-order valence-electron chi connectivity index (χ4n) is 5.50. The Morgan fingerprint density at radius 2 is 1.85 bits per heavy atom. The standard InChI is InChI=1S/C25H37BN2O4S/c1-23(2,3)30-22(29)27-9-8-20-19(14-27)18-13-17(26-31-24(4,5)25(6,7)32-26)12-16-15-33-11-10-28(20)21(16)18/h12-13,19-20H,8-11,14-15H2,1-7H3/t19-,20-/m0/s1. The van der Waals surface area contributed by atoms with Crippen molar-refractivity contribution >= 4 is 36.1 Å². The molecule has 0 saturated carbocycles. The van der Waals surface area contributed by atoms with Gasteiger partial charge >= 0.3 is 13.2 Å². The van der Waals surface area contributed by atoms with Gasteiger partial charge in [0.15, 0.2) is 0 Å². The molecule has 2 fully saturated rings. The summed E-state index contributed by atoms with van der Waals surface area (Å²) in [5, 5.41) is 0. The van der Waals surface area contributed by atoms with Crippen molar-refractivity contribution in [3.8, 4) is 0 Å². The summed E-state index contributed by atoms with van der Waals surface area (Å²) in [6, 6.07) is 5.03. The molecule has 1 aromatic rings. The van der Waals surface area contributed by atoms with Crippen LogP contribution in [0.5, 0.6) is 0 Å². The Labute approximate surface area is 202 Å². The number of piperidine rings is 1. The van der Waals surface area contributed by atoms with Crippen LogP contribution in [0.1, 0.15) is 71.9 Å². The number of benzene rings is 1. The number of ether oxygens (including phenoxy) is 1. The molecule has 5 rings (SSSR count). The molecule has 0 bridgehead atoms. The van der Waals surface area contributed by atoms with Gasteiger partial charge in [0.05, 0.1) is 11.2 Å². The minimum absolute atomic E-state index is 0.203. The highest BCUT2D eigenvalue weighted by molar-refractivity contribution is 7.98. The van der Waals surface area contributed by atoms with Gasteiger partial charge in [0.2, 0.25) is 0 Å². The van der Waals surface area contributed by atoms with E-state index in [4.69, 9.17) is 14.0 Å². The maximum atomic E-state index is 12.9. The topological polar surface area (TPSA) is 51.2 Å². The maximum Gasteiger partial charge on any atom is 0.494 e. The normalized spacial score (nSPS) is 27.8. The maximum absolute atomic E-state index is 12.9. The van der Waals surface area contributed by atoms with Crippen LogP contribution in [0.3, 0.4) is 0 Å². The van der Waals surface area contributed by atoms with Crippen LogP contribution in [-0.4, -0.2) is 66.3 Å². The fourth-order valence-corrected chi connectivity index (χ4v) is 6.41. The number of carbonyl (C=O) groups is 1. The Bertz CT molecular complexity index is 944. The second-order valence-corrected chi connectivity index (χ2v) is 12.9. The average molecular weight is 472 g/mol. The minimum Gasteiger partial charge on any atom is -0.444 e. The van der Waals surface area contributed by atoms with Gasteiger partial charge in [-0.3, -0.25) is 0 Å². The van der Waals surface area contributed by atoms with Crippen molar-refractivity contribution in [3.63, 3.8) is 0 Å². The molecule has 0 N–H and O–H groups in total. The molecule has 1 aromatic carbocycles. The predicted molar refractivity (Wildman–Crippen MR) is 135 cm³/mol. The highest BCUT2D eigenvalue weighted by Gasteiger charge is 2.53. The molecule has 6 nitrogen and oxygen atoms in total. The second kappa shape index (κ2) is 7.82. The van der Waals surface area contributed by atoms with Crippen molar-refractivity contribution < 1.29 is 18.8 Å². The molecule has 8 heteroatoms. The molecule has 0 aromatic heterocycles. The Balaban J connectivity index is 1.49. The van der Waals surface area contributed by atoms with Crippen LogP contribution in [-0.2, 0) is 19.8 Å². The summed E-state index contributed by atoms with van der Waals surface area (Å²) in [6.45, 7) is 16.7. The molecule has 2 atom stereocenters. The lowest BCUT2D eigenvalue weighted by molar-refractivity contribution is 0.00578. The van der Waals surface area contributed by atoms with E-state index in [2.05, 4.69) is 44.7 Å². The monoisotopic (exact) mass is 472 g/mol. The van der Waals surface area contributed by atoms with E-state index in [-0.39, 0.29) is 30.3 Å². The first-order chi connectivity index (χ1) is 15.4. The van der Waals surface area contributed by atoms with Crippen LogP contribution in [0.25, 0.3) is 0 Å². The van der Waals surface area contributed by atoms with Crippen molar-refractivity contribution in [1.82, 2.24) is 4.90 Å². The second-order valence-electron chi connectivity index (χ2n) is 11.8. The molecule has 1 amide bonds. The molecule has 0 radical (unpaired) electrons. The number of thioether (sulfide) groups is 1. The number of anilines is 1. The quantitative estimate of drug-likeness (QED) is 0.573. The number of amides is 1. The van der Waals surface area contributed by atoms with E-state index in [1.807, 2.05) is 37.4 Å². The van der Waals surface area contributed by atoms with Gasteiger partial charge in [-0.05, 0) is 71.5 Å². The first-order valence-electron chi connectivity index (χ1n) is 12.2. The van der Waals surface area contributed by atoms with Gasteiger partial charge in [0.1, 0.15) is 5.60 Å². The number of hydrogen-bond acceptors (Lipinski definition) is 6. The molecular weight excluding hydrogens is 435 g/mol. The van der Waals surface area contributed by atoms with Crippen LogP contribution >= 0.6 is 11.8 Å². The first kappa shape index (κ1) is 23.4. The van der Waals surface area contributed by atoms with E-state index in [0.717, 1.165) is 36.5 Å². The third-order valence-electron chi connectivity index (χ3n) is 7.82. The lowest BCUT2D eigenvalue weighted by Gasteiger charge is -2.39. The van der Waals surface area contributed by atoms with Gasteiger partial charge in [-0.15, -0.1) is 0 Å². The summed E-state index contributed by atoms with van der Waals surface area (Å²) in [4.78, 5) is 17.4. The number of likely N-dealkylation sites (tertiary alicyclic amines) is 1. The number of rotatable bonds is 1. The molecular formula is C25H37BN2O4S. The summed E-state index contributed by atoms with van der Waals surface area (Å²) in [5.41, 5.74) is 3.99. The Hall–Kier alpha value is -1.38. The molecule has 33 heavy (non-hydrogen) atoms. The molecule has 4 aliphatic rings. The van der Waals surface area contributed by atoms with E-state index in [1.54, 1.807) is 0 Å². The van der Waals surface area contributed by atoms with Crippen molar-refractivity contribution in [2.75, 3.05) is 30.3 Å². The van der Waals surface area contributed by atoms with E-state index in [1.165, 1.54) is 16.8 Å². The lowest BCUT2D eigenvalue weighted by Crippen LogP contribution is -2.49. The van der Waals surface area contributed by atoms with E-state index in [0.29, 0.717) is 12.6 Å². The van der Waals surface area contributed by atoms with Crippen LogP contribution in [0.4, 0.5) is 10.5 Å². The van der Waals surface area contributed by atoms with Crippen LogP contribution in [0.2, 0.25) is 0 Å². The van der Waals surface area contributed by atoms with Gasteiger partial charge in [-0.2, -0.15) is 11.8 Å². The van der Waals surface area contributed by atoms with Crippen molar-refractivity contribution in [1.29, 1.82) is 0 Å². The summed E-state index contributed by atoms with van der Waals surface area (Å²) < 4.78 is 18.5. The third kappa shape index (κ3) is 4.06. The predicted octanol–water partition coefficient (Wildman–Crippen LogP) is 4.15. The summed E-state index contributed by atoms with van der Waals surface area (Å²) in [7, 11) is -0.372. The minimum atomic E-state index is -0.483. The van der Waals surface area contributed by atoms with E-state index >= 15 is 0 Å². The van der Waals surface area contributed by atoms with Crippen LogP contribution in [0.15, 0.2) is 12.1 Å². The van der Waals surface area contributed by atoms with Crippen LogP contribution < -0.4 is 10.4 Å². The van der Waals surface area contributed by atoms with Crippen molar-refractivity contribution in [3.05, 3.63) is 23.3 Å². The van der Waals surface area contributed by atoms with Crippen molar-refractivity contribution in [2.45, 2.75) is 89.4 Å². The number of nitrogens with zero attached hydrogens (tertiary/aromatic N) is 2. The zero-order valence-corrected chi connectivity index (χ0v) is 21.9. The molecule has 2 saturated heterocycles. The first-order valence-corrected chi connectivity index (χ1v) is 13.4. The molecule has 4 heterocycles. The summed E-state index contributed by atoms with van der Waals surface area (Å²) in [5.74, 6) is 2.41. The largest absolute Gasteiger partial charge is 0.494 e. The number of fused-ring (bicyclic) bond motifs is 3. The zero-order chi connectivity index (χ0) is 23.8. The highest BCUT2D eigenvalue weighted by Crippen LogP contribution is 2.48. The Morgan fingerprint density at radius 3 is 2.52 bits per heavy atom. The van der Waals surface area contributed by atoms with Gasteiger partial charge in [-0.25, -0.2) is 4.79 Å². The Morgan fingerprint density at radius 1 is 1.15 bits per heavy atom. The van der Waals surface area contributed by atoms with Crippen LogP contribution in [0, 0.1) is 0 Å². The third-order valence-corrected chi connectivity index (χ3v) is 8.80. The molecule has 0 aliphatic carbocycles. The zero-order valence-electron chi connectivity index (χ0n) is 21.1. The molecule has 0 unspecified atom stereocenters.